The van der Waals surface area contributed by atoms with Gasteiger partial charge >= 0.3 is 6.18 Å². The monoisotopic (exact) mass is 285 g/mol. The van der Waals surface area contributed by atoms with Crippen LogP contribution >= 0.6 is 11.6 Å². The SMILES string of the molecule is FC(F)(F)COCCCn1cc(CCCCl)nn1. The summed E-state index contributed by atoms with van der Waals surface area (Å²) in [7, 11) is 0. The molecule has 4 nitrogen and oxygen atoms in total. The first-order chi connectivity index (χ1) is 8.51. The molecule has 0 saturated carbocycles. The van der Waals surface area contributed by atoms with Gasteiger partial charge in [-0.3, -0.25) is 4.68 Å². The van der Waals surface area contributed by atoms with Crippen molar-refractivity contribution in [3.8, 4) is 0 Å². The minimum absolute atomic E-state index is 0.0520. The molecule has 0 unspecified atom stereocenters. The van der Waals surface area contributed by atoms with Gasteiger partial charge in [0.15, 0.2) is 0 Å². The van der Waals surface area contributed by atoms with Crippen LogP contribution in [0.1, 0.15) is 18.5 Å². The van der Waals surface area contributed by atoms with E-state index >= 15 is 0 Å². The Bertz CT molecular complexity index is 343. The quantitative estimate of drug-likeness (QED) is 0.544. The van der Waals surface area contributed by atoms with E-state index in [1.54, 1.807) is 10.9 Å². The number of rotatable bonds is 8. The Kier molecular flexibility index (Phi) is 6.42. The molecular weight excluding hydrogens is 271 g/mol. The van der Waals surface area contributed by atoms with Crippen LogP contribution in [-0.4, -0.2) is 40.3 Å². The lowest BCUT2D eigenvalue weighted by Crippen LogP contribution is -2.17. The van der Waals surface area contributed by atoms with Gasteiger partial charge in [-0.05, 0) is 19.3 Å². The lowest BCUT2D eigenvalue weighted by Gasteiger charge is -2.06. The zero-order chi connectivity index (χ0) is 13.4. The third-order valence-electron chi connectivity index (χ3n) is 2.09. The summed E-state index contributed by atoms with van der Waals surface area (Å²) in [6, 6.07) is 0. The summed E-state index contributed by atoms with van der Waals surface area (Å²) >= 11 is 5.55. The van der Waals surface area contributed by atoms with Gasteiger partial charge in [-0.1, -0.05) is 5.21 Å². The second-order valence-corrected chi connectivity index (χ2v) is 4.16. The summed E-state index contributed by atoms with van der Waals surface area (Å²) in [6.45, 7) is -0.659. The Morgan fingerprint density at radius 2 is 2.11 bits per heavy atom. The topological polar surface area (TPSA) is 39.9 Å². The van der Waals surface area contributed by atoms with Crippen LogP contribution in [0.3, 0.4) is 0 Å². The van der Waals surface area contributed by atoms with Gasteiger partial charge in [0.25, 0.3) is 0 Å². The lowest BCUT2D eigenvalue weighted by atomic mass is 10.3. The number of alkyl halides is 4. The van der Waals surface area contributed by atoms with Crippen LogP contribution in [0.15, 0.2) is 6.20 Å². The first-order valence-corrected chi connectivity index (χ1v) is 6.14. The molecule has 18 heavy (non-hydrogen) atoms. The number of hydrogen-bond acceptors (Lipinski definition) is 3. The normalized spacial score (nSPS) is 12.0. The summed E-state index contributed by atoms with van der Waals surface area (Å²) in [5.74, 6) is 0.568. The molecule has 0 bridgehead atoms. The highest BCUT2D eigenvalue weighted by atomic mass is 35.5. The van der Waals surface area contributed by atoms with Gasteiger partial charge in [0.1, 0.15) is 6.61 Å². The Morgan fingerprint density at radius 1 is 1.33 bits per heavy atom. The minimum Gasteiger partial charge on any atom is -0.372 e. The Labute approximate surface area is 108 Å². The van der Waals surface area contributed by atoms with Crippen molar-refractivity contribution in [3.05, 3.63) is 11.9 Å². The van der Waals surface area contributed by atoms with E-state index in [4.69, 9.17) is 11.6 Å². The van der Waals surface area contributed by atoms with Crippen molar-refractivity contribution in [1.82, 2.24) is 15.0 Å². The fraction of sp³-hybridized carbons (Fsp3) is 0.800. The number of aromatic nitrogens is 3. The average molecular weight is 286 g/mol. The molecule has 0 aliphatic rings. The van der Waals surface area contributed by atoms with Crippen LogP contribution in [-0.2, 0) is 17.7 Å². The van der Waals surface area contributed by atoms with Crippen molar-refractivity contribution in [2.24, 2.45) is 0 Å². The second-order valence-electron chi connectivity index (χ2n) is 3.79. The molecule has 0 atom stereocenters. The predicted molar refractivity (Wildman–Crippen MR) is 60.6 cm³/mol. The first-order valence-electron chi connectivity index (χ1n) is 5.61. The molecule has 0 spiro atoms. The Balaban J connectivity index is 2.13. The summed E-state index contributed by atoms with van der Waals surface area (Å²) in [5, 5.41) is 7.79. The van der Waals surface area contributed by atoms with E-state index in [9.17, 15) is 13.2 Å². The van der Waals surface area contributed by atoms with Crippen molar-refractivity contribution >= 4 is 11.6 Å². The molecule has 0 radical (unpaired) electrons. The molecule has 0 N–H and O–H groups in total. The van der Waals surface area contributed by atoms with Crippen LogP contribution in [0.25, 0.3) is 0 Å². The number of aryl methyl sites for hydroxylation is 2. The molecule has 1 rings (SSSR count). The second kappa shape index (κ2) is 7.58. The van der Waals surface area contributed by atoms with Crippen molar-refractivity contribution < 1.29 is 17.9 Å². The molecule has 0 amide bonds. The zero-order valence-electron chi connectivity index (χ0n) is 9.79. The van der Waals surface area contributed by atoms with Crippen LogP contribution in [0.5, 0.6) is 0 Å². The third-order valence-corrected chi connectivity index (χ3v) is 2.36. The highest BCUT2D eigenvalue weighted by Crippen LogP contribution is 2.14. The van der Waals surface area contributed by atoms with Gasteiger partial charge in [-0.2, -0.15) is 13.2 Å². The predicted octanol–water partition coefficient (Wildman–Crippen LogP) is 2.42. The number of ether oxygens (including phenoxy) is 1. The molecule has 0 saturated heterocycles. The number of nitrogens with zero attached hydrogens (tertiary/aromatic N) is 3. The molecule has 0 aliphatic carbocycles. The van der Waals surface area contributed by atoms with E-state index < -0.39 is 12.8 Å². The Hall–Kier alpha value is -0.820. The zero-order valence-corrected chi connectivity index (χ0v) is 10.5. The lowest BCUT2D eigenvalue weighted by molar-refractivity contribution is -0.174. The molecule has 0 aliphatic heterocycles. The summed E-state index contributed by atoms with van der Waals surface area (Å²) in [5.41, 5.74) is 0.840. The highest BCUT2D eigenvalue weighted by Gasteiger charge is 2.27. The van der Waals surface area contributed by atoms with Crippen LogP contribution in [0.2, 0.25) is 0 Å². The third kappa shape index (κ3) is 6.80. The fourth-order valence-electron chi connectivity index (χ4n) is 1.33. The van der Waals surface area contributed by atoms with E-state index in [0.717, 1.165) is 18.5 Å². The summed E-state index contributed by atoms with van der Waals surface area (Å²) in [4.78, 5) is 0. The van der Waals surface area contributed by atoms with Gasteiger partial charge in [-0.15, -0.1) is 16.7 Å². The van der Waals surface area contributed by atoms with E-state index in [-0.39, 0.29) is 6.61 Å². The maximum atomic E-state index is 11.8. The van der Waals surface area contributed by atoms with E-state index in [2.05, 4.69) is 15.0 Å². The maximum absolute atomic E-state index is 11.8. The number of halogens is 4. The van der Waals surface area contributed by atoms with Crippen molar-refractivity contribution in [2.45, 2.75) is 32.0 Å². The van der Waals surface area contributed by atoms with Crippen molar-refractivity contribution in [2.75, 3.05) is 19.1 Å². The van der Waals surface area contributed by atoms with Gasteiger partial charge in [0.2, 0.25) is 0 Å². The van der Waals surface area contributed by atoms with Gasteiger partial charge in [-0.25, -0.2) is 0 Å². The van der Waals surface area contributed by atoms with Gasteiger partial charge in [0, 0.05) is 25.2 Å². The van der Waals surface area contributed by atoms with Gasteiger partial charge in [0.05, 0.1) is 5.69 Å². The summed E-state index contributed by atoms with van der Waals surface area (Å²) < 4.78 is 41.4. The standard InChI is InChI=1S/C10H15ClF3N3O/c11-4-1-3-9-7-17(16-15-9)5-2-6-18-8-10(12,13)14/h7H,1-6,8H2. The molecule has 1 aromatic heterocycles. The molecule has 0 aromatic carbocycles. The molecule has 8 heteroatoms. The summed E-state index contributed by atoms with van der Waals surface area (Å²) in [6.07, 6.45) is -0.435. The van der Waals surface area contributed by atoms with Crippen LogP contribution < -0.4 is 0 Å². The van der Waals surface area contributed by atoms with Crippen LogP contribution in [0, 0.1) is 0 Å². The Morgan fingerprint density at radius 3 is 2.78 bits per heavy atom. The fourth-order valence-corrected chi connectivity index (χ4v) is 1.46. The average Bonchev–Trinajstić information content (AvgIpc) is 2.72. The minimum atomic E-state index is -4.26. The highest BCUT2D eigenvalue weighted by molar-refractivity contribution is 6.17. The van der Waals surface area contributed by atoms with Gasteiger partial charge < -0.3 is 4.74 Å². The molecule has 1 heterocycles. The maximum Gasteiger partial charge on any atom is 0.411 e. The van der Waals surface area contributed by atoms with Crippen molar-refractivity contribution in [3.63, 3.8) is 0 Å². The molecule has 1 aromatic rings. The molecule has 0 fully saturated rings. The van der Waals surface area contributed by atoms with E-state index in [0.29, 0.717) is 18.8 Å². The number of hydrogen-bond donors (Lipinski definition) is 0. The van der Waals surface area contributed by atoms with Crippen LogP contribution in [0.4, 0.5) is 13.2 Å². The van der Waals surface area contributed by atoms with Crippen molar-refractivity contribution in [1.29, 1.82) is 0 Å². The van der Waals surface area contributed by atoms with E-state index in [1.807, 2.05) is 0 Å². The smallest absolute Gasteiger partial charge is 0.372 e. The first kappa shape index (κ1) is 15.2. The molecule has 104 valence electrons. The largest absolute Gasteiger partial charge is 0.411 e. The van der Waals surface area contributed by atoms with E-state index in [1.165, 1.54) is 0 Å². The molecular formula is C10H15ClF3N3O.